The zero-order valence-corrected chi connectivity index (χ0v) is 17.0. The number of carbonyl (C=O) groups is 2. The number of nitrogens with one attached hydrogen (secondary N) is 1. The van der Waals surface area contributed by atoms with Crippen molar-refractivity contribution in [1.29, 1.82) is 0 Å². The van der Waals surface area contributed by atoms with Crippen molar-refractivity contribution < 1.29 is 27.1 Å². The van der Waals surface area contributed by atoms with Crippen molar-refractivity contribution >= 4 is 21.8 Å². The van der Waals surface area contributed by atoms with Crippen LogP contribution in [-0.2, 0) is 16.6 Å². The number of benzene rings is 2. The fourth-order valence-electron chi connectivity index (χ4n) is 3.00. The molecule has 0 aliphatic carbocycles. The molecule has 10 heteroatoms. The third kappa shape index (κ3) is 4.16. The summed E-state index contributed by atoms with van der Waals surface area (Å²) in [6, 6.07) is 12.5. The SMILES string of the molecule is CN1C(=O)c2ccc(S(=O)(=O)NCc3ccc(Oc4cccc(F)c4)nc3)cc2C1=O. The molecule has 0 fully saturated rings. The van der Waals surface area contributed by atoms with Gasteiger partial charge in [-0.3, -0.25) is 14.5 Å². The summed E-state index contributed by atoms with van der Waals surface area (Å²) in [5.41, 5.74) is 0.780. The van der Waals surface area contributed by atoms with E-state index in [1.54, 1.807) is 12.1 Å². The third-order valence-corrected chi connectivity index (χ3v) is 6.05. The summed E-state index contributed by atoms with van der Waals surface area (Å²) in [4.78, 5) is 28.9. The van der Waals surface area contributed by atoms with Crippen molar-refractivity contribution in [2.24, 2.45) is 0 Å². The lowest BCUT2D eigenvalue weighted by atomic mass is 10.1. The smallest absolute Gasteiger partial charge is 0.261 e. The van der Waals surface area contributed by atoms with Gasteiger partial charge in [-0.2, -0.15) is 0 Å². The number of rotatable bonds is 6. The predicted molar refractivity (Wildman–Crippen MR) is 108 cm³/mol. The second kappa shape index (κ2) is 7.89. The van der Waals surface area contributed by atoms with Crippen molar-refractivity contribution in [2.45, 2.75) is 11.4 Å². The first-order valence-electron chi connectivity index (χ1n) is 9.09. The first-order chi connectivity index (χ1) is 14.7. The molecule has 2 aromatic carbocycles. The number of amides is 2. The molecule has 2 amide bonds. The molecule has 0 atom stereocenters. The van der Waals surface area contributed by atoms with Gasteiger partial charge in [0.05, 0.1) is 16.0 Å². The van der Waals surface area contributed by atoms with Gasteiger partial charge >= 0.3 is 0 Å². The van der Waals surface area contributed by atoms with Crippen LogP contribution in [0.3, 0.4) is 0 Å². The number of hydrogen-bond acceptors (Lipinski definition) is 6. The summed E-state index contributed by atoms with van der Waals surface area (Å²) >= 11 is 0. The highest BCUT2D eigenvalue weighted by molar-refractivity contribution is 7.89. The average Bonchev–Trinajstić information content (AvgIpc) is 2.97. The Morgan fingerprint density at radius 1 is 1.03 bits per heavy atom. The molecule has 0 radical (unpaired) electrons. The van der Waals surface area contributed by atoms with Crippen molar-refractivity contribution in [3.63, 3.8) is 0 Å². The first kappa shape index (κ1) is 20.6. The van der Waals surface area contributed by atoms with E-state index in [2.05, 4.69) is 9.71 Å². The highest BCUT2D eigenvalue weighted by Gasteiger charge is 2.33. The highest BCUT2D eigenvalue weighted by atomic mass is 32.2. The molecule has 0 unspecified atom stereocenters. The Kier molecular flexibility index (Phi) is 5.25. The lowest BCUT2D eigenvalue weighted by Gasteiger charge is -2.09. The molecule has 0 bridgehead atoms. The summed E-state index contributed by atoms with van der Waals surface area (Å²) in [5.74, 6) is -0.939. The zero-order valence-electron chi connectivity index (χ0n) is 16.2. The predicted octanol–water partition coefficient (Wildman–Crippen LogP) is 2.72. The maximum absolute atomic E-state index is 13.2. The van der Waals surface area contributed by atoms with Gasteiger partial charge < -0.3 is 4.74 Å². The van der Waals surface area contributed by atoms with E-state index in [0.717, 1.165) is 4.90 Å². The molecule has 8 nitrogen and oxygen atoms in total. The van der Waals surface area contributed by atoms with Gasteiger partial charge in [0.2, 0.25) is 15.9 Å². The molecule has 1 aromatic heterocycles. The lowest BCUT2D eigenvalue weighted by molar-refractivity contribution is 0.0693. The molecule has 3 aromatic rings. The molecule has 0 saturated carbocycles. The van der Waals surface area contributed by atoms with Gasteiger partial charge in [0, 0.05) is 31.9 Å². The minimum absolute atomic E-state index is 0.0518. The van der Waals surface area contributed by atoms with E-state index in [4.69, 9.17) is 4.74 Å². The molecule has 4 rings (SSSR count). The van der Waals surface area contributed by atoms with Gasteiger partial charge in [-0.05, 0) is 35.9 Å². The van der Waals surface area contributed by atoms with Gasteiger partial charge in [0.1, 0.15) is 11.6 Å². The number of halogens is 1. The number of hydrogen-bond donors (Lipinski definition) is 1. The van der Waals surface area contributed by atoms with Gasteiger partial charge in [-0.15, -0.1) is 0 Å². The highest BCUT2D eigenvalue weighted by Crippen LogP contribution is 2.25. The quantitative estimate of drug-likeness (QED) is 0.590. The number of sulfonamides is 1. The Morgan fingerprint density at radius 2 is 1.81 bits per heavy atom. The summed E-state index contributed by atoms with van der Waals surface area (Å²) in [7, 11) is -2.60. The Hall–Kier alpha value is -3.63. The molecule has 0 saturated heterocycles. The summed E-state index contributed by atoms with van der Waals surface area (Å²) in [5, 5.41) is 0. The van der Waals surface area contributed by atoms with Crippen molar-refractivity contribution in [3.8, 4) is 11.6 Å². The van der Waals surface area contributed by atoms with E-state index >= 15 is 0 Å². The fraction of sp³-hybridized carbons (Fsp3) is 0.0952. The van der Waals surface area contributed by atoms with Crippen LogP contribution >= 0.6 is 0 Å². The fourth-order valence-corrected chi connectivity index (χ4v) is 4.04. The molecule has 31 heavy (non-hydrogen) atoms. The van der Waals surface area contributed by atoms with Gasteiger partial charge in [0.15, 0.2) is 0 Å². The van der Waals surface area contributed by atoms with E-state index in [-0.39, 0.29) is 34.2 Å². The van der Waals surface area contributed by atoms with Crippen LogP contribution in [0, 0.1) is 5.82 Å². The topological polar surface area (TPSA) is 106 Å². The van der Waals surface area contributed by atoms with Crippen LogP contribution in [0.4, 0.5) is 4.39 Å². The maximum atomic E-state index is 13.2. The van der Waals surface area contributed by atoms with Crippen molar-refractivity contribution in [2.75, 3.05) is 7.05 Å². The molecular formula is C21H16FN3O5S. The number of ether oxygens (including phenoxy) is 1. The largest absolute Gasteiger partial charge is 0.439 e. The van der Waals surface area contributed by atoms with Crippen LogP contribution in [0.25, 0.3) is 0 Å². The molecule has 1 N–H and O–H groups in total. The number of imide groups is 1. The summed E-state index contributed by atoms with van der Waals surface area (Å²) in [6.07, 6.45) is 1.43. The molecule has 1 aliphatic heterocycles. The first-order valence-corrected chi connectivity index (χ1v) is 10.6. The zero-order chi connectivity index (χ0) is 22.2. The second-order valence-corrected chi connectivity index (χ2v) is 8.53. The number of aromatic nitrogens is 1. The Labute approximate surface area is 177 Å². The molecule has 1 aliphatic rings. The van der Waals surface area contributed by atoms with Crippen LogP contribution in [0.1, 0.15) is 26.3 Å². The summed E-state index contributed by atoms with van der Waals surface area (Å²) < 4.78 is 46.3. The van der Waals surface area contributed by atoms with E-state index in [0.29, 0.717) is 5.56 Å². The monoisotopic (exact) mass is 441 g/mol. The maximum Gasteiger partial charge on any atom is 0.261 e. The average molecular weight is 441 g/mol. The Balaban J connectivity index is 1.44. The van der Waals surface area contributed by atoms with E-state index in [9.17, 15) is 22.4 Å². The van der Waals surface area contributed by atoms with Gasteiger partial charge in [-0.1, -0.05) is 12.1 Å². The molecule has 0 spiro atoms. The van der Waals surface area contributed by atoms with E-state index in [1.807, 2.05) is 0 Å². The van der Waals surface area contributed by atoms with Crippen LogP contribution in [-0.4, -0.2) is 37.2 Å². The molecule has 158 valence electrons. The number of nitrogens with zero attached hydrogens (tertiary/aromatic N) is 2. The number of fused-ring (bicyclic) bond motifs is 1. The molecule has 2 heterocycles. The Bertz CT molecular complexity index is 1290. The van der Waals surface area contributed by atoms with Crippen LogP contribution in [0.2, 0.25) is 0 Å². The van der Waals surface area contributed by atoms with Gasteiger partial charge in [0.25, 0.3) is 11.8 Å². The van der Waals surface area contributed by atoms with Crippen molar-refractivity contribution in [3.05, 3.63) is 83.3 Å². The normalized spacial score (nSPS) is 13.4. The van der Waals surface area contributed by atoms with Crippen LogP contribution in [0.15, 0.2) is 65.7 Å². The lowest BCUT2D eigenvalue weighted by Crippen LogP contribution is -2.24. The standard InChI is InChI=1S/C21H16FN3O5S/c1-25-20(26)17-7-6-16(10-18(17)21(25)27)31(28,29)24-12-13-5-8-19(23-11-13)30-15-4-2-3-14(22)9-15/h2-11,24H,12H2,1H3. The second-order valence-electron chi connectivity index (χ2n) is 6.77. The van der Waals surface area contributed by atoms with Crippen LogP contribution < -0.4 is 9.46 Å². The number of carbonyl (C=O) groups excluding carboxylic acids is 2. The van der Waals surface area contributed by atoms with E-state index < -0.39 is 27.7 Å². The molecular weight excluding hydrogens is 425 g/mol. The number of pyridine rings is 1. The van der Waals surface area contributed by atoms with E-state index in [1.165, 1.54) is 55.7 Å². The summed E-state index contributed by atoms with van der Waals surface area (Å²) in [6.45, 7) is -0.0561. The van der Waals surface area contributed by atoms with Gasteiger partial charge in [-0.25, -0.2) is 22.5 Å². The minimum atomic E-state index is -3.93. The minimum Gasteiger partial charge on any atom is -0.439 e. The van der Waals surface area contributed by atoms with Crippen LogP contribution in [0.5, 0.6) is 11.6 Å². The third-order valence-electron chi connectivity index (χ3n) is 4.65. The van der Waals surface area contributed by atoms with Crippen molar-refractivity contribution in [1.82, 2.24) is 14.6 Å². The Morgan fingerprint density at radius 3 is 2.52 bits per heavy atom.